The Morgan fingerprint density at radius 3 is 2.80 bits per heavy atom. The molecule has 7 nitrogen and oxygen atoms in total. The van der Waals surface area contributed by atoms with Gasteiger partial charge in [-0.15, -0.1) is 13.2 Å². The van der Waals surface area contributed by atoms with E-state index in [4.69, 9.17) is 0 Å². The SMILES string of the molecule is CC1(Cc2ccc(OC(F)(F)F)cc2)CCCN1C(=O)Nc1cnn2cccnc12. The second-order valence-electron chi connectivity index (χ2n) is 7.50. The highest BCUT2D eigenvalue weighted by molar-refractivity contribution is 5.93. The molecule has 0 spiro atoms. The lowest BCUT2D eigenvalue weighted by Gasteiger charge is -2.35. The molecule has 0 bridgehead atoms. The van der Waals surface area contributed by atoms with Crippen molar-refractivity contribution >= 4 is 17.4 Å². The number of benzene rings is 1. The Morgan fingerprint density at radius 1 is 1.30 bits per heavy atom. The lowest BCUT2D eigenvalue weighted by atomic mass is 9.90. The minimum Gasteiger partial charge on any atom is -0.406 e. The monoisotopic (exact) mass is 419 g/mol. The molecule has 1 saturated heterocycles. The molecule has 1 fully saturated rings. The van der Waals surface area contributed by atoms with E-state index in [0.29, 0.717) is 24.3 Å². The molecule has 2 amide bonds. The number of ether oxygens (including phenoxy) is 1. The number of alkyl halides is 3. The maximum atomic E-state index is 13.0. The van der Waals surface area contributed by atoms with E-state index in [1.807, 2.05) is 6.92 Å². The van der Waals surface area contributed by atoms with Crippen LogP contribution >= 0.6 is 0 Å². The van der Waals surface area contributed by atoms with Crippen molar-refractivity contribution in [2.75, 3.05) is 11.9 Å². The van der Waals surface area contributed by atoms with Crippen molar-refractivity contribution in [3.63, 3.8) is 0 Å². The molecule has 0 saturated carbocycles. The fourth-order valence-electron chi connectivity index (χ4n) is 3.90. The molecule has 3 heterocycles. The first-order valence-corrected chi connectivity index (χ1v) is 9.45. The summed E-state index contributed by atoms with van der Waals surface area (Å²) in [6, 6.07) is 7.25. The molecule has 10 heteroatoms. The van der Waals surface area contributed by atoms with Gasteiger partial charge in [0.15, 0.2) is 5.65 Å². The number of amides is 2. The zero-order valence-corrected chi connectivity index (χ0v) is 16.2. The summed E-state index contributed by atoms with van der Waals surface area (Å²) < 4.78 is 42.5. The quantitative estimate of drug-likeness (QED) is 0.686. The molecular weight excluding hydrogens is 399 g/mol. The maximum Gasteiger partial charge on any atom is 0.573 e. The minimum absolute atomic E-state index is 0.257. The van der Waals surface area contributed by atoms with E-state index < -0.39 is 11.9 Å². The van der Waals surface area contributed by atoms with Gasteiger partial charge in [-0.1, -0.05) is 12.1 Å². The number of rotatable bonds is 4. The molecular formula is C20H20F3N5O2. The van der Waals surface area contributed by atoms with Crippen molar-refractivity contribution < 1.29 is 22.7 Å². The van der Waals surface area contributed by atoms with Crippen LogP contribution in [-0.2, 0) is 6.42 Å². The number of halogens is 3. The van der Waals surface area contributed by atoms with E-state index in [2.05, 4.69) is 20.1 Å². The number of carbonyl (C=O) groups excluding carboxylic acids is 1. The third kappa shape index (κ3) is 4.17. The fraction of sp³-hybridized carbons (Fsp3) is 0.350. The van der Waals surface area contributed by atoms with Gasteiger partial charge in [0.1, 0.15) is 11.4 Å². The molecule has 1 aliphatic rings. The van der Waals surface area contributed by atoms with Crippen LogP contribution in [0.25, 0.3) is 5.65 Å². The van der Waals surface area contributed by atoms with Crippen LogP contribution in [0.1, 0.15) is 25.3 Å². The van der Waals surface area contributed by atoms with Gasteiger partial charge in [0.25, 0.3) is 0 Å². The Labute approximate surface area is 170 Å². The first-order valence-electron chi connectivity index (χ1n) is 9.45. The van der Waals surface area contributed by atoms with Gasteiger partial charge in [-0.25, -0.2) is 14.3 Å². The Bertz CT molecular complexity index is 1050. The second kappa shape index (κ2) is 7.51. The van der Waals surface area contributed by atoms with Crippen molar-refractivity contribution in [3.05, 3.63) is 54.5 Å². The molecule has 158 valence electrons. The molecule has 1 aromatic carbocycles. The molecule has 1 atom stereocenters. The number of nitrogens with zero attached hydrogens (tertiary/aromatic N) is 4. The van der Waals surface area contributed by atoms with E-state index in [1.54, 1.807) is 46.2 Å². The summed E-state index contributed by atoms with van der Waals surface area (Å²) in [5, 5.41) is 7.04. The molecule has 30 heavy (non-hydrogen) atoms. The third-order valence-corrected chi connectivity index (χ3v) is 5.26. The van der Waals surface area contributed by atoms with Crippen molar-refractivity contribution in [1.29, 1.82) is 0 Å². The molecule has 4 rings (SSSR count). The topological polar surface area (TPSA) is 71.8 Å². The smallest absolute Gasteiger partial charge is 0.406 e. The van der Waals surface area contributed by atoms with Gasteiger partial charge in [-0.3, -0.25) is 0 Å². The second-order valence-corrected chi connectivity index (χ2v) is 7.50. The van der Waals surface area contributed by atoms with Gasteiger partial charge in [0.2, 0.25) is 0 Å². The number of hydrogen-bond donors (Lipinski definition) is 1. The van der Waals surface area contributed by atoms with Crippen LogP contribution in [0.5, 0.6) is 5.75 Å². The van der Waals surface area contributed by atoms with Crippen molar-refractivity contribution in [1.82, 2.24) is 19.5 Å². The van der Waals surface area contributed by atoms with E-state index in [0.717, 1.165) is 18.4 Å². The number of likely N-dealkylation sites (tertiary alicyclic amines) is 1. The summed E-state index contributed by atoms with van der Waals surface area (Å²) in [6.07, 6.45) is 2.33. The summed E-state index contributed by atoms with van der Waals surface area (Å²) in [5.74, 6) is -0.266. The predicted molar refractivity (Wildman–Crippen MR) is 103 cm³/mol. The van der Waals surface area contributed by atoms with Crippen LogP contribution in [0, 0.1) is 0 Å². The average Bonchev–Trinajstić information content (AvgIpc) is 3.26. The Hall–Kier alpha value is -3.30. The maximum absolute atomic E-state index is 13.0. The third-order valence-electron chi connectivity index (χ3n) is 5.26. The standard InChI is InChI=1S/C20H20F3N5O2/c1-19(12-14-4-6-15(7-5-14)30-20(21,22)23)8-2-10-27(19)18(29)26-16-13-25-28-11-3-9-24-17(16)28/h3-7,9,11,13H,2,8,10,12H2,1H3,(H,26,29). The summed E-state index contributed by atoms with van der Waals surface area (Å²) in [5.41, 5.74) is 1.42. The molecule has 0 aliphatic carbocycles. The molecule has 2 aromatic heterocycles. The Morgan fingerprint density at radius 2 is 2.07 bits per heavy atom. The zero-order chi connectivity index (χ0) is 21.4. The molecule has 0 radical (unpaired) electrons. The van der Waals surface area contributed by atoms with Gasteiger partial charge in [0.05, 0.1) is 6.20 Å². The minimum atomic E-state index is -4.72. The molecule has 1 unspecified atom stereocenters. The highest BCUT2D eigenvalue weighted by atomic mass is 19.4. The van der Waals surface area contributed by atoms with Crippen molar-refractivity contribution in [2.45, 2.75) is 38.1 Å². The van der Waals surface area contributed by atoms with E-state index >= 15 is 0 Å². The predicted octanol–water partition coefficient (Wildman–Crippen LogP) is 4.26. The summed E-state index contributed by atoms with van der Waals surface area (Å²) in [4.78, 5) is 19.0. The average molecular weight is 419 g/mol. The Kier molecular flexibility index (Phi) is 5.00. The highest BCUT2D eigenvalue weighted by Gasteiger charge is 2.40. The largest absolute Gasteiger partial charge is 0.573 e. The number of nitrogens with one attached hydrogen (secondary N) is 1. The lowest BCUT2D eigenvalue weighted by molar-refractivity contribution is -0.274. The fourth-order valence-corrected chi connectivity index (χ4v) is 3.90. The number of fused-ring (bicyclic) bond motifs is 1. The van der Waals surface area contributed by atoms with Crippen molar-refractivity contribution in [2.24, 2.45) is 0 Å². The van der Waals surface area contributed by atoms with Crippen LogP contribution in [0.4, 0.5) is 23.7 Å². The first kappa shape index (κ1) is 20.0. The van der Waals surface area contributed by atoms with Gasteiger partial charge in [0, 0.05) is 24.5 Å². The normalized spacial score (nSPS) is 19.3. The summed E-state index contributed by atoms with van der Waals surface area (Å²) >= 11 is 0. The number of carbonyl (C=O) groups is 1. The van der Waals surface area contributed by atoms with Gasteiger partial charge in [-0.05, 0) is 49.9 Å². The Balaban J connectivity index is 1.47. The number of aromatic nitrogens is 3. The summed E-state index contributed by atoms with van der Waals surface area (Å²) in [6.45, 7) is 2.57. The van der Waals surface area contributed by atoms with E-state index in [-0.39, 0.29) is 11.8 Å². The van der Waals surface area contributed by atoms with E-state index in [9.17, 15) is 18.0 Å². The highest BCUT2D eigenvalue weighted by Crippen LogP contribution is 2.34. The lowest BCUT2D eigenvalue weighted by Crippen LogP contribution is -2.48. The van der Waals surface area contributed by atoms with Crippen LogP contribution in [-0.4, -0.2) is 44.0 Å². The number of urea groups is 1. The zero-order valence-electron chi connectivity index (χ0n) is 16.2. The van der Waals surface area contributed by atoms with Crippen LogP contribution in [0.2, 0.25) is 0 Å². The number of hydrogen-bond acceptors (Lipinski definition) is 4. The first-order chi connectivity index (χ1) is 14.2. The molecule has 3 aromatic rings. The van der Waals surface area contributed by atoms with Crippen molar-refractivity contribution in [3.8, 4) is 5.75 Å². The summed E-state index contributed by atoms with van der Waals surface area (Å²) in [7, 11) is 0. The van der Waals surface area contributed by atoms with Crippen LogP contribution < -0.4 is 10.1 Å². The van der Waals surface area contributed by atoms with Crippen LogP contribution in [0.3, 0.4) is 0 Å². The van der Waals surface area contributed by atoms with Gasteiger partial charge < -0.3 is 15.0 Å². The van der Waals surface area contributed by atoms with Gasteiger partial charge >= 0.3 is 12.4 Å². The van der Waals surface area contributed by atoms with E-state index in [1.165, 1.54) is 12.1 Å². The van der Waals surface area contributed by atoms with Gasteiger partial charge in [-0.2, -0.15) is 5.10 Å². The molecule has 1 aliphatic heterocycles. The van der Waals surface area contributed by atoms with Crippen LogP contribution in [0.15, 0.2) is 48.9 Å². The molecule has 1 N–H and O–H groups in total. The number of anilines is 1.